The van der Waals surface area contributed by atoms with Crippen LogP contribution >= 0.6 is 0 Å². The highest BCUT2D eigenvalue weighted by Gasteiger charge is 2.44. The summed E-state index contributed by atoms with van der Waals surface area (Å²) in [4.78, 5) is 0. The van der Waals surface area contributed by atoms with Gasteiger partial charge in [0, 0.05) is 30.3 Å². The third-order valence-corrected chi connectivity index (χ3v) is 6.50. The van der Waals surface area contributed by atoms with E-state index in [4.69, 9.17) is 0 Å². The second-order valence-corrected chi connectivity index (χ2v) is 10.5. The quantitative estimate of drug-likeness (QED) is 0.452. The van der Waals surface area contributed by atoms with E-state index < -0.39 is 20.0 Å². The largest absolute Gasteiger partial charge is 0.748 e. The first-order valence-corrected chi connectivity index (χ1v) is 11.6. The highest BCUT2D eigenvalue weighted by atomic mass is 32.2. The van der Waals surface area contributed by atoms with Crippen molar-refractivity contribution in [2.24, 2.45) is 11.8 Å². The molecule has 0 spiro atoms. The molecule has 3 unspecified atom stereocenters. The molecule has 0 aliphatic carbocycles. The molecule has 0 aromatic heterocycles. The summed E-state index contributed by atoms with van der Waals surface area (Å²) in [7, 11) is -7.19. The van der Waals surface area contributed by atoms with Gasteiger partial charge in [0.2, 0.25) is 0 Å². The molecule has 1 fully saturated rings. The van der Waals surface area contributed by atoms with Crippen LogP contribution in [0.3, 0.4) is 0 Å². The van der Waals surface area contributed by atoms with Crippen LogP contribution in [0.1, 0.15) is 33.1 Å². The van der Waals surface area contributed by atoms with Crippen molar-refractivity contribution in [3.8, 4) is 0 Å². The van der Waals surface area contributed by atoms with Crippen LogP contribution in [0.5, 0.6) is 0 Å². The number of hydrogen-bond donors (Lipinski definition) is 0. The Labute approximate surface area is 135 Å². The summed E-state index contributed by atoms with van der Waals surface area (Å²) in [5.41, 5.74) is 0. The lowest BCUT2D eigenvalue weighted by atomic mass is 9.96. The molecule has 0 bridgehead atoms. The molecule has 1 aliphatic rings. The smallest absolute Gasteiger partial charge is 0.147 e. The van der Waals surface area contributed by atoms with E-state index in [1.807, 2.05) is 0 Å². The Balaban J connectivity index is 2.81. The fraction of sp³-hybridized carbons (Fsp3) is 1.00. The minimum atomic E-state index is -4.17. The van der Waals surface area contributed by atoms with Crippen molar-refractivity contribution in [3.63, 3.8) is 0 Å². The Kier molecular flexibility index (Phi) is 6.86. The van der Waals surface area contributed by atoms with Crippen LogP contribution in [0.2, 0.25) is 0 Å². The third kappa shape index (κ3) is 6.52. The zero-order valence-electron chi connectivity index (χ0n) is 13.8. The molecule has 6 nitrogen and oxygen atoms in total. The third-order valence-electron chi connectivity index (χ3n) is 4.68. The summed E-state index contributed by atoms with van der Waals surface area (Å²) in [6, 6.07) is 0. The molecular formula is C14H29NO5S2. The zero-order chi connectivity index (χ0) is 17.0. The summed E-state index contributed by atoms with van der Waals surface area (Å²) in [6.07, 6.45) is 3.53. The van der Waals surface area contributed by atoms with E-state index in [-0.39, 0.29) is 17.4 Å². The van der Waals surface area contributed by atoms with Gasteiger partial charge in [-0.2, -0.15) is 0 Å². The Morgan fingerprint density at radius 1 is 1.05 bits per heavy atom. The van der Waals surface area contributed by atoms with Gasteiger partial charge >= 0.3 is 0 Å². The number of likely N-dealkylation sites (tertiary alicyclic amines) is 1. The first-order chi connectivity index (χ1) is 10.0. The molecule has 0 amide bonds. The first-order valence-electron chi connectivity index (χ1n) is 7.96. The molecule has 1 aliphatic heterocycles. The van der Waals surface area contributed by atoms with Crippen LogP contribution in [-0.2, 0) is 20.0 Å². The molecule has 3 atom stereocenters. The van der Waals surface area contributed by atoms with Crippen LogP contribution in [-0.4, -0.2) is 69.8 Å². The maximum atomic E-state index is 11.6. The second-order valence-electron chi connectivity index (χ2n) is 6.79. The molecule has 1 heterocycles. The number of sulfone groups is 1. The summed E-state index contributed by atoms with van der Waals surface area (Å²) >= 11 is 0. The predicted molar refractivity (Wildman–Crippen MR) is 86.2 cm³/mol. The molecule has 0 radical (unpaired) electrons. The Bertz CT molecular complexity index is 558. The average Bonchev–Trinajstić information content (AvgIpc) is 2.63. The number of rotatable bonds is 9. The summed E-state index contributed by atoms with van der Waals surface area (Å²) in [5, 5.41) is 0. The predicted octanol–water partition coefficient (Wildman–Crippen LogP) is 0.849. The van der Waals surface area contributed by atoms with E-state index in [1.165, 1.54) is 6.26 Å². The fourth-order valence-corrected chi connectivity index (χ4v) is 5.57. The van der Waals surface area contributed by atoms with E-state index in [1.54, 1.807) is 0 Å². The molecule has 22 heavy (non-hydrogen) atoms. The van der Waals surface area contributed by atoms with Crippen molar-refractivity contribution in [1.29, 1.82) is 0 Å². The van der Waals surface area contributed by atoms with Gasteiger partial charge in [0.25, 0.3) is 0 Å². The van der Waals surface area contributed by atoms with Crippen LogP contribution in [0.25, 0.3) is 0 Å². The highest BCUT2D eigenvalue weighted by Crippen LogP contribution is 2.33. The summed E-state index contributed by atoms with van der Waals surface area (Å²) in [5.74, 6) is 0.361. The van der Waals surface area contributed by atoms with Crippen molar-refractivity contribution in [3.05, 3.63) is 0 Å². The van der Waals surface area contributed by atoms with E-state index in [0.717, 1.165) is 37.0 Å². The normalized spacial score (nSPS) is 29.8. The van der Waals surface area contributed by atoms with Crippen LogP contribution in [0.15, 0.2) is 0 Å². The fourth-order valence-electron chi connectivity index (χ4n) is 3.94. The van der Waals surface area contributed by atoms with Gasteiger partial charge in [-0.1, -0.05) is 13.8 Å². The highest BCUT2D eigenvalue weighted by molar-refractivity contribution is 7.90. The summed E-state index contributed by atoms with van der Waals surface area (Å²) < 4.78 is 56.4. The van der Waals surface area contributed by atoms with Gasteiger partial charge in [-0.25, -0.2) is 16.8 Å². The van der Waals surface area contributed by atoms with Crippen LogP contribution in [0, 0.1) is 11.8 Å². The molecule has 0 N–H and O–H groups in total. The SMILES string of the molecule is CCC[N+]1(CCCS(=O)(=O)[O-])CC(CC)C(CS(C)(=O)=O)C1. The minimum Gasteiger partial charge on any atom is -0.748 e. The van der Waals surface area contributed by atoms with E-state index in [9.17, 15) is 21.4 Å². The Morgan fingerprint density at radius 3 is 2.09 bits per heavy atom. The van der Waals surface area contributed by atoms with Gasteiger partial charge in [0.05, 0.1) is 42.1 Å². The van der Waals surface area contributed by atoms with Gasteiger partial charge < -0.3 is 9.04 Å². The van der Waals surface area contributed by atoms with Crippen molar-refractivity contribution in [2.75, 3.05) is 43.9 Å². The molecule has 1 rings (SSSR count). The maximum Gasteiger partial charge on any atom is 0.147 e. The molecule has 8 heteroatoms. The molecular weight excluding hydrogens is 326 g/mol. The average molecular weight is 356 g/mol. The summed E-state index contributed by atoms with van der Waals surface area (Å²) in [6.45, 7) is 7.38. The van der Waals surface area contributed by atoms with Gasteiger partial charge in [-0.05, 0) is 12.8 Å². The minimum absolute atomic E-state index is 0.135. The first kappa shape index (κ1) is 19.9. The van der Waals surface area contributed by atoms with E-state index in [2.05, 4.69) is 13.8 Å². The lowest BCUT2D eigenvalue weighted by Gasteiger charge is -2.35. The van der Waals surface area contributed by atoms with Crippen molar-refractivity contribution < 1.29 is 25.9 Å². The second kappa shape index (κ2) is 7.59. The van der Waals surface area contributed by atoms with Crippen molar-refractivity contribution in [2.45, 2.75) is 33.1 Å². The van der Waals surface area contributed by atoms with Crippen molar-refractivity contribution >= 4 is 20.0 Å². The van der Waals surface area contributed by atoms with Gasteiger partial charge in [-0.15, -0.1) is 0 Å². The molecule has 1 saturated heterocycles. The molecule has 0 saturated carbocycles. The van der Waals surface area contributed by atoms with Crippen LogP contribution < -0.4 is 0 Å². The molecule has 0 aromatic carbocycles. The Morgan fingerprint density at radius 2 is 1.64 bits per heavy atom. The number of nitrogens with zero attached hydrogens (tertiary/aromatic N) is 1. The lowest BCUT2D eigenvalue weighted by molar-refractivity contribution is -0.919. The standard InChI is InChI=1S/C14H29NO5S2/c1-4-7-15(8-6-9-22(18,19)20)10-13(5-2)14(11-15)12-21(3,16)17/h13-14H,4-12H2,1-3H3. The zero-order valence-corrected chi connectivity index (χ0v) is 15.5. The van der Waals surface area contributed by atoms with Crippen LogP contribution in [0.4, 0.5) is 0 Å². The lowest BCUT2D eigenvalue weighted by Crippen LogP contribution is -2.48. The van der Waals surface area contributed by atoms with Crippen molar-refractivity contribution in [1.82, 2.24) is 0 Å². The number of hydrogen-bond acceptors (Lipinski definition) is 5. The monoisotopic (exact) mass is 355 g/mol. The Hall–Kier alpha value is -0.180. The van der Waals surface area contributed by atoms with E-state index >= 15 is 0 Å². The van der Waals surface area contributed by atoms with E-state index in [0.29, 0.717) is 18.9 Å². The van der Waals surface area contributed by atoms with Gasteiger partial charge in [0.15, 0.2) is 0 Å². The maximum absolute atomic E-state index is 11.6. The van der Waals surface area contributed by atoms with Gasteiger partial charge in [-0.3, -0.25) is 0 Å². The molecule has 132 valence electrons. The van der Waals surface area contributed by atoms with Gasteiger partial charge in [0.1, 0.15) is 9.84 Å². The topological polar surface area (TPSA) is 91.3 Å². The number of quaternary nitrogens is 1. The molecule has 0 aromatic rings.